The first-order chi connectivity index (χ1) is 6.33. The molecule has 0 radical (unpaired) electrons. The van der Waals surface area contributed by atoms with Crippen molar-refractivity contribution in [3.05, 3.63) is 25.3 Å². The van der Waals surface area contributed by atoms with Crippen LogP contribution >= 0.6 is 0 Å². The maximum atomic E-state index is 5.93. The van der Waals surface area contributed by atoms with E-state index in [2.05, 4.69) is 13.2 Å². The fourth-order valence-corrected chi connectivity index (χ4v) is 2.02. The van der Waals surface area contributed by atoms with Gasteiger partial charge in [0.25, 0.3) is 0 Å². The van der Waals surface area contributed by atoms with Gasteiger partial charge in [-0.3, -0.25) is 0 Å². The average Bonchev–Trinajstić information content (AvgIpc) is 2.32. The maximum Gasteiger partial charge on any atom is 0.0750 e. The van der Waals surface area contributed by atoms with Gasteiger partial charge in [-0.05, 0) is 25.7 Å². The molecule has 1 heteroatoms. The Bertz CT molecular complexity index is 152. The molecular formula is C12H20O. The highest BCUT2D eigenvalue weighted by Gasteiger charge is 2.29. The number of hydrogen-bond acceptors (Lipinski definition) is 1. The minimum atomic E-state index is 0.0278. The van der Waals surface area contributed by atoms with Crippen LogP contribution in [0.25, 0.3) is 0 Å². The van der Waals surface area contributed by atoms with Crippen LogP contribution in [0, 0.1) is 0 Å². The molecule has 0 spiro atoms. The monoisotopic (exact) mass is 180 g/mol. The van der Waals surface area contributed by atoms with Gasteiger partial charge in [0, 0.05) is 6.61 Å². The first kappa shape index (κ1) is 10.5. The van der Waals surface area contributed by atoms with Crippen LogP contribution in [0.2, 0.25) is 0 Å². The van der Waals surface area contributed by atoms with E-state index in [1.165, 1.54) is 19.3 Å². The highest BCUT2D eigenvalue weighted by atomic mass is 16.5. The highest BCUT2D eigenvalue weighted by molar-refractivity contribution is 4.94. The molecule has 1 heterocycles. The van der Waals surface area contributed by atoms with E-state index < -0.39 is 0 Å². The van der Waals surface area contributed by atoms with E-state index in [4.69, 9.17) is 4.74 Å². The van der Waals surface area contributed by atoms with Gasteiger partial charge < -0.3 is 4.74 Å². The molecule has 1 nitrogen and oxygen atoms in total. The molecule has 1 aliphatic heterocycles. The van der Waals surface area contributed by atoms with Crippen LogP contribution in [0.15, 0.2) is 25.3 Å². The van der Waals surface area contributed by atoms with E-state index >= 15 is 0 Å². The smallest absolute Gasteiger partial charge is 0.0750 e. The molecule has 1 fully saturated rings. The van der Waals surface area contributed by atoms with Gasteiger partial charge in [-0.1, -0.05) is 25.0 Å². The van der Waals surface area contributed by atoms with Crippen molar-refractivity contribution in [2.75, 3.05) is 6.61 Å². The van der Waals surface area contributed by atoms with Gasteiger partial charge in [-0.2, -0.15) is 0 Å². The Hall–Kier alpha value is -0.560. The van der Waals surface area contributed by atoms with Gasteiger partial charge in [-0.15, -0.1) is 13.2 Å². The van der Waals surface area contributed by atoms with Crippen LogP contribution in [0.5, 0.6) is 0 Å². The molecule has 0 bridgehead atoms. The summed E-state index contributed by atoms with van der Waals surface area (Å²) in [6, 6.07) is 0. The summed E-state index contributed by atoms with van der Waals surface area (Å²) in [7, 11) is 0. The number of ether oxygens (including phenoxy) is 1. The molecule has 1 rings (SSSR count). The van der Waals surface area contributed by atoms with Crippen molar-refractivity contribution in [1.82, 2.24) is 0 Å². The molecule has 74 valence electrons. The first-order valence-corrected chi connectivity index (χ1v) is 5.19. The quantitative estimate of drug-likeness (QED) is 0.602. The third kappa shape index (κ3) is 3.00. The van der Waals surface area contributed by atoms with Crippen molar-refractivity contribution in [3.63, 3.8) is 0 Å². The molecule has 0 atom stereocenters. The molecule has 0 saturated carbocycles. The van der Waals surface area contributed by atoms with Crippen molar-refractivity contribution in [1.29, 1.82) is 0 Å². The summed E-state index contributed by atoms with van der Waals surface area (Å²) < 4.78 is 5.93. The van der Waals surface area contributed by atoms with E-state index in [9.17, 15) is 0 Å². The van der Waals surface area contributed by atoms with Gasteiger partial charge in [0.2, 0.25) is 0 Å². The second-order valence-corrected chi connectivity index (χ2v) is 3.83. The summed E-state index contributed by atoms with van der Waals surface area (Å²) in [5.74, 6) is 0. The maximum absolute atomic E-state index is 5.93. The molecular weight excluding hydrogens is 160 g/mol. The Morgan fingerprint density at radius 3 is 2.38 bits per heavy atom. The van der Waals surface area contributed by atoms with E-state index in [1.807, 2.05) is 12.2 Å². The molecule has 0 unspecified atom stereocenters. The summed E-state index contributed by atoms with van der Waals surface area (Å²) >= 11 is 0. The Kier molecular flexibility index (Phi) is 4.23. The zero-order chi connectivity index (χ0) is 9.57. The largest absolute Gasteiger partial charge is 0.374 e. The molecule has 0 aromatic heterocycles. The normalized spacial score (nSPS) is 21.8. The Morgan fingerprint density at radius 2 is 1.77 bits per heavy atom. The third-order valence-corrected chi connectivity index (χ3v) is 2.72. The average molecular weight is 180 g/mol. The molecule has 1 saturated heterocycles. The van der Waals surface area contributed by atoms with Crippen LogP contribution < -0.4 is 0 Å². The lowest BCUT2D eigenvalue weighted by molar-refractivity contribution is -0.0379. The van der Waals surface area contributed by atoms with E-state index in [-0.39, 0.29) is 5.60 Å². The molecule has 0 aromatic rings. The molecule has 0 amide bonds. The zero-order valence-electron chi connectivity index (χ0n) is 8.43. The molecule has 0 N–H and O–H groups in total. The molecule has 0 aliphatic carbocycles. The van der Waals surface area contributed by atoms with E-state index in [0.717, 1.165) is 25.9 Å². The Balaban J connectivity index is 2.60. The number of hydrogen-bond donors (Lipinski definition) is 0. The zero-order valence-corrected chi connectivity index (χ0v) is 8.43. The lowest BCUT2D eigenvalue weighted by atomic mass is 9.90. The summed E-state index contributed by atoms with van der Waals surface area (Å²) in [5, 5.41) is 0. The number of rotatable bonds is 4. The SMILES string of the molecule is C=CCC1(CC=C)CCCCCO1. The van der Waals surface area contributed by atoms with Gasteiger partial charge >= 0.3 is 0 Å². The Labute approximate surface area is 81.5 Å². The van der Waals surface area contributed by atoms with Crippen LogP contribution in [-0.4, -0.2) is 12.2 Å². The van der Waals surface area contributed by atoms with Crippen LogP contribution in [0.4, 0.5) is 0 Å². The van der Waals surface area contributed by atoms with E-state index in [0.29, 0.717) is 0 Å². The van der Waals surface area contributed by atoms with Crippen molar-refractivity contribution >= 4 is 0 Å². The minimum absolute atomic E-state index is 0.0278. The van der Waals surface area contributed by atoms with Crippen LogP contribution in [-0.2, 0) is 4.74 Å². The van der Waals surface area contributed by atoms with Crippen LogP contribution in [0.3, 0.4) is 0 Å². The minimum Gasteiger partial charge on any atom is -0.374 e. The summed E-state index contributed by atoms with van der Waals surface area (Å²) in [4.78, 5) is 0. The Morgan fingerprint density at radius 1 is 1.08 bits per heavy atom. The highest BCUT2D eigenvalue weighted by Crippen LogP contribution is 2.31. The summed E-state index contributed by atoms with van der Waals surface area (Å²) in [6.07, 6.45) is 10.8. The van der Waals surface area contributed by atoms with Gasteiger partial charge in [-0.25, -0.2) is 0 Å². The molecule has 0 aromatic carbocycles. The van der Waals surface area contributed by atoms with Gasteiger partial charge in [0.15, 0.2) is 0 Å². The topological polar surface area (TPSA) is 9.23 Å². The van der Waals surface area contributed by atoms with Crippen LogP contribution in [0.1, 0.15) is 38.5 Å². The molecule has 1 aliphatic rings. The van der Waals surface area contributed by atoms with Crippen molar-refractivity contribution in [2.24, 2.45) is 0 Å². The molecule has 13 heavy (non-hydrogen) atoms. The predicted octanol–water partition coefficient (Wildman–Crippen LogP) is 3.47. The fraction of sp³-hybridized carbons (Fsp3) is 0.667. The fourth-order valence-electron chi connectivity index (χ4n) is 2.02. The van der Waals surface area contributed by atoms with Gasteiger partial charge in [0.1, 0.15) is 0 Å². The summed E-state index contributed by atoms with van der Waals surface area (Å²) in [6.45, 7) is 8.50. The standard InChI is InChI=1S/C12H20O/c1-3-8-12(9-4-2)10-6-5-7-11-13-12/h3-4H,1-2,5-11H2. The summed E-state index contributed by atoms with van der Waals surface area (Å²) in [5.41, 5.74) is 0.0278. The van der Waals surface area contributed by atoms with Gasteiger partial charge in [0.05, 0.1) is 5.60 Å². The van der Waals surface area contributed by atoms with Crippen molar-refractivity contribution in [3.8, 4) is 0 Å². The first-order valence-electron chi connectivity index (χ1n) is 5.19. The second-order valence-electron chi connectivity index (χ2n) is 3.83. The lowest BCUT2D eigenvalue weighted by Gasteiger charge is -2.30. The predicted molar refractivity (Wildman–Crippen MR) is 56.8 cm³/mol. The second kappa shape index (κ2) is 5.23. The van der Waals surface area contributed by atoms with E-state index in [1.54, 1.807) is 0 Å². The lowest BCUT2D eigenvalue weighted by Crippen LogP contribution is -2.30. The van der Waals surface area contributed by atoms with Crippen molar-refractivity contribution in [2.45, 2.75) is 44.1 Å². The van der Waals surface area contributed by atoms with Crippen molar-refractivity contribution < 1.29 is 4.74 Å². The third-order valence-electron chi connectivity index (χ3n) is 2.72.